The minimum absolute atomic E-state index is 0.0139. The highest BCUT2D eigenvalue weighted by molar-refractivity contribution is 7.12. The van der Waals surface area contributed by atoms with Gasteiger partial charge in [-0.1, -0.05) is 12.1 Å². The van der Waals surface area contributed by atoms with Crippen molar-refractivity contribution in [1.82, 2.24) is 9.80 Å². The molecule has 4 rings (SSSR count). The van der Waals surface area contributed by atoms with Gasteiger partial charge in [-0.15, -0.1) is 11.3 Å². The molecule has 4 nitrogen and oxygen atoms in total. The first-order valence-electron chi connectivity index (χ1n) is 9.05. The lowest BCUT2D eigenvalue weighted by atomic mass is 9.78. The SMILES string of the molecule is O=C(c1cccs1)N1CCC2(CCCN(Cc3ccc(F)c(F)c3)C2=O)C1. The fourth-order valence-corrected chi connectivity index (χ4v) is 4.83. The Morgan fingerprint density at radius 3 is 2.74 bits per heavy atom. The first-order chi connectivity index (χ1) is 13.0. The highest BCUT2D eigenvalue weighted by atomic mass is 32.1. The van der Waals surface area contributed by atoms with E-state index in [4.69, 9.17) is 0 Å². The predicted octanol–water partition coefficient (Wildman–Crippen LogP) is 3.68. The molecule has 7 heteroatoms. The highest BCUT2D eigenvalue weighted by Gasteiger charge is 2.49. The summed E-state index contributed by atoms with van der Waals surface area (Å²) in [4.78, 5) is 30.0. The van der Waals surface area contributed by atoms with Crippen LogP contribution in [0.5, 0.6) is 0 Å². The van der Waals surface area contributed by atoms with E-state index in [1.165, 1.54) is 17.4 Å². The smallest absolute Gasteiger partial charge is 0.263 e. The zero-order chi connectivity index (χ0) is 19.0. The van der Waals surface area contributed by atoms with Crippen molar-refractivity contribution in [1.29, 1.82) is 0 Å². The number of carbonyl (C=O) groups is 2. The van der Waals surface area contributed by atoms with E-state index in [-0.39, 0.29) is 18.4 Å². The number of hydrogen-bond donors (Lipinski definition) is 0. The van der Waals surface area contributed by atoms with Crippen LogP contribution >= 0.6 is 11.3 Å². The number of hydrogen-bond acceptors (Lipinski definition) is 3. The Hall–Kier alpha value is -2.28. The molecule has 2 fully saturated rings. The van der Waals surface area contributed by atoms with Crippen LogP contribution in [-0.2, 0) is 11.3 Å². The van der Waals surface area contributed by atoms with Crippen LogP contribution in [0.4, 0.5) is 8.78 Å². The zero-order valence-electron chi connectivity index (χ0n) is 14.8. The second-order valence-electron chi connectivity index (χ2n) is 7.31. The van der Waals surface area contributed by atoms with Crippen molar-refractivity contribution >= 4 is 23.2 Å². The summed E-state index contributed by atoms with van der Waals surface area (Å²) < 4.78 is 26.6. The van der Waals surface area contributed by atoms with E-state index in [1.54, 1.807) is 15.9 Å². The van der Waals surface area contributed by atoms with Crippen molar-refractivity contribution in [2.45, 2.75) is 25.8 Å². The van der Waals surface area contributed by atoms with Crippen LogP contribution in [0.3, 0.4) is 0 Å². The molecule has 1 aromatic carbocycles. The maximum atomic E-state index is 13.5. The molecule has 2 aliphatic heterocycles. The molecule has 0 bridgehead atoms. The van der Waals surface area contributed by atoms with Gasteiger partial charge in [-0.05, 0) is 48.4 Å². The van der Waals surface area contributed by atoms with Gasteiger partial charge in [0.2, 0.25) is 5.91 Å². The summed E-state index contributed by atoms with van der Waals surface area (Å²) in [6.07, 6.45) is 2.25. The van der Waals surface area contributed by atoms with Gasteiger partial charge in [-0.3, -0.25) is 9.59 Å². The van der Waals surface area contributed by atoms with E-state index in [9.17, 15) is 18.4 Å². The van der Waals surface area contributed by atoms with Gasteiger partial charge in [0.15, 0.2) is 11.6 Å². The highest BCUT2D eigenvalue weighted by Crippen LogP contribution is 2.41. The van der Waals surface area contributed by atoms with E-state index in [2.05, 4.69) is 0 Å². The third-order valence-corrected chi connectivity index (χ3v) is 6.41. The number of carbonyl (C=O) groups excluding carboxylic acids is 2. The Labute approximate surface area is 160 Å². The standard InChI is InChI=1S/C20H20F2N2O2S/c21-15-5-4-14(11-16(15)22)12-23-8-2-6-20(19(23)26)7-9-24(13-20)18(25)17-3-1-10-27-17/h1,3-5,10-11H,2,6-9,12-13H2. The lowest BCUT2D eigenvalue weighted by Gasteiger charge is -2.39. The van der Waals surface area contributed by atoms with Gasteiger partial charge in [0, 0.05) is 26.2 Å². The molecule has 2 amide bonds. The molecule has 1 aromatic heterocycles. The zero-order valence-corrected chi connectivity index (χ0v) is 15.6. The number of nitrogens with zero attached hydrogens (tertiary/aromatic N) is 2. The summed E-state index contributed by atoms with van der Waals surface area (Å²) in [5, 5.41) is 1.87. The van der Waals surface area contributed by atoms with Crippen LogP contribution in [0, 0.1) is 17.0 Å². The third-order valence-electron chi connectivity index (χ3n) is 5.55. The molecule has 1 atom stereocenters. The van der Waals surface area contributed by atoms with Gasteiger partial charge in [0.25, 0.3) is 5.91 Å². The number of halogens is 2. The van der Waals surface area contributed by atoms with Crippen LogP contribution < -0.4 is 0 Å². The van der Waals surface area contributed by atoms with Crippen LogP contribution in [0.15, 0.2) is 35.7 Å². The Balaban J connectivity index is 1.48. The molecule has 0 saturated carbocycles. The maximum Gasteiger partial charge on any atom is 0.263 e. The minimum atomic E-state index is -0.903. The Kier molecular flexibility index (Phi) is 4.72. The number of likely N-dealkylation sites (tertiary alicyclic amines) is 2. The van der Waals surface area contributed by atoms with Gasteiger partial charge < -0.3 is 9.80 Å². The molecule has 27 heavy (non-hydrogen) atoms. The first-order valence-corrected chi connectivity index (χ1v) is 9.93. The molecule has 3 heterocycles. The van der Waals surface area contributed by atoms with Gasteiger partial charge in [-0.2, -0.15) is 0 Å². The summed E-state index contributed by atoms with van der Waals surface area (Å²) in [7, 11) is 0. The van der Waals surface area contributed by atoms with Gasteiger partial charge in [-0.25, -0.2) is 8.78 Å². The summed E-state index contributed by atoms with van der Waals surface area (Å²) >= 11 is 1.41. The molecule has 2 saturated heterocycles. The molecular formula is C20H20F2N2O2S. The number of benzene rings is 1. The monoisotopic (exact) mass is 390 g/mol. The molecule has 1 spiro atoms. The van der Waals surface area contributed by atoms with Crippen LogP contribution in [0.2, 0.25) is 0 Å². The maximum absolute atomic E-state index is 13.5. The molecule has 2 aromatic rings. The predicted molar refractivity (Wildman–Crippen MR) is 98.3 cm³/mol. The lowest BCUT2D eigenvalue weighted by Crippen LogP contribution is -2.50. The van der Waals surface area contributed by atoms with E-state index in [1.807, 2.05) is 11.4 Å². The molecule has 2 aliphatic rings. The molecule has 1 unspecified atom stereocenters. The molecule has 0 N–H and O–H groups in total. The Bertz CT molecular complexity index is 871. The average Bonchev–Trinajstić information content (AvgIpc) is 3.33. The molecule has 0 aliphatic carbocycles. The van der Waals surface area contributed by atoms with Crippen molar-refractivity contribution in [3.05, 3.63) is 57.8 Å². The van der Waals surface area contributed by atoms with E-state index < -0.39 is 17.0 Å². The van der Waals surface area contributed by atoms with E-state index >= 15 is 0 Å². The van der Waals surface area contributed by atoms with Crippen molar-refractivity contribution in [3.63, 3.8) is 0 Å². The second kappa shape index (κ2) is 7.03. The summed E-state index contributed by atoms with van der Waals surface area (Å²) in [5.41, 5.74) is 0.0211. The van der Waals surface area contributed by atoms with Crippen molar-refractivity contribution in [2.75, 3.05) is 19.6 Å². The molecule has 142 valence electrons. The van der Waals surface area contributed by atoms with E-state index in [0.717, 1.165) is 25.0 Å². The van der Waals surface area contributed by atoms with Crippen molar-refractivity contribution in [3.8, 4) is 0 Å². The lowest BCUT2D eigenvalue weighted by molar-refractivity contribution is -0.146. The normalized spacial score (nSPS) is 22.7. The first kappa shape index (κ1) is 18.1. The number of piperidine rings is 1. The summed E-state index contributed by atoms with van der Waals surface area (Å²) in [6.45, 7) is 1.85. The van der Waals surface area contributed by atoms with Crippen LogP contribution in [0.1, 0.15) is 34.5 Å². The average molecular weight is 390 g/mol. The quantitative estimate of drug-likeness (QED) is 0.802. The molecular weight excluding hydrogens is 370 g/mol. The van der Waals surface area contributed by atoms with Gasteiger partial charge >= 0.3 is 0 Å². The number of amides is 2. The fraction of sp³-hybridized carbons (Fsp3) is 0.400. The van der Waals surface area contributed by atoms with Crippen molar-refractivity contribution in [2.24, 2.45) is 5.41 Å². The second-order valence-corrected chi connectivity index (χ2v) is 8.26. The minimum Gasteiger partial charge on any atom is -0.338 e. The Morgan fingerprint density at radius 1 is 1.15 bits per heavy atom. The van der Waals surface area contributed by atoms with Gasteiger partial charge in [0.05, 0.1) is 10.3 Å². The Morgan fingerprint density at radius 2 is 2.00 bits per heavy atom. The largest absolute Gasteiger partial charge is 0.338 e. The summed E-state index contributed by atoms with van der Waals surface area (Å²) in [6, 6.07) is 7.39. The number of thiophene rings is 1. The topological polar surface area (TPSA) is 40.6 Å². The van der Waals surface area contributed by atoms with Crippen LogP contribution in [0.25, 0.3) is 0 Å². The fourth-order valence-electron chi connectivity index (χ4n) is 4.14. The molecule has 0 radical (unpaired) electrons. The van der Waals surface area contributed by atoms with Gasteiger partial charge in [0.1, 0.15) is 0 Å². The van der Waals surface area contributed by atoms with Crippen LogP contribution in [-0.4, -0.2) is 41.2 Å². The summed E-state index contributed by atoms with van der Waals surface area (Å²) in [5.74, 6) is -1.80. The third kappa shape index (κ3) is 3.36. The number of rotatable bonds is 3. The van der Waals surface area contributed by atoms with Crippen molar-refractivity contribution < 1.29 is 18.4 Å². The van der Waals surface area contributed by atoms with E-state index in [0.29, 0.717) is 36.5 Å².